The molecule has 1 aliphatic heterocycles. The molecule has 0 saturated carbocycles. The van der Waals surface area contributed by atoms with Crippen molar-refractivity contribution in [2.75, 3.05) is 50.9 Å². The van der Waals surface area contributed by atoms with E-state index in [1.165, 1.54) is 0 Å². The molecule has 0 aliphatic carbocycles. The maximum Gasteiger partial charge on any atom is 0.176 e. The van der Waals surface area contributed by atoms with E-state index in [-0.39, 0.29) is 4.59 Å². The summed E-state index contributed by atoms with van der Waals surface area (Å²) in [4.78, 5) is 2.31. The van der Waals surface area contributed by atoms with Crippen LogP contribution in [-0.2, 0) is 0 Å². The quantitative estimate of drug-likeness (QED) is 0.295. The lowest BCUT2D eigenvalue weighted by atomic mass is 10.2. The second-order valence-corrected chi connectivity index (χ2v) is 4.99. The van der Waals surface area contributed by atoms with Crippen molar-refractivity contribution < 1.29 is 0 Å². The molecule has 0 atom stereocenters. The van der Waals surface area contributed by atoms with Crippen LogP contribution in [0.25, 0.3) is 0 Å². The molecule has 0 amide bonds. The van der Waals surface area contributed by atoms with E-state index in [9.17, 15) is 0 Å². The van der Waals surface area contributed by atoms with Gasteiger partial charge in [-0.25, -0.2) is 4.59 Å². The Morgan fingerprint density at radius 2 is 1.88 bits per heavy atom. The molecule has 17 heavy (non-hydrogen) atoms. The standard InChI is InChI=1S/C12H22N5/c1-17(2,14)11-5-3-4-10(12(11)13)16-8-6-15-7-9-16/h3-5,15H,6-9,13-14H2,1-2H3/q+1. The molecule has 1 aliphatic rings. The highest BCUT2D eigenvalue weighted by Crippen LogP contribution is 2.33. The normalized spacial score (nSPS) is 17.2. The van der Waals surface area contributed by atoms with Crippen molar-refractivity contribution in [1.29, 1.82) is 0 Å². The van der Waals surface area contributed by atoms with Gasteiger partial charge in [-0.3, -0.25) is 0 Å². The average molecular weight is 236 g/mol. The Morgan fingerprint density at radius 1 is 1.24 bits per heavy atom. The lowest BCUT2D eigenvalue weighted by molar-refractivity contribution is 0.420. The maximum atomic E-state index is 6.24. The van der Waals surface area contributed by atoms with Crippen molar-refractivity contribution in [2.45, 2.75) is 0 Å². The fourth-order valence-electron chi connectivity index (χ4n) is 2.23. The summed E-state index contributed by atoms with van der Waals surface area (Å²) in [5.74, 6) is 6.08. The van der Waals surface area contributed by atoms with Gasteiger partial charge in [0.2, 0.25) is 0 Å². The van der Waals surface area contributed by atoms with Gasteiger partial charge in [0.25, 0.3) is 0 Å². The summed E-state index contributed by atoms with van der Waals surface area (Å²) in [6.45, 7) is 3.99. The number of para-hydroxylation sites is 1. The zero-order valence-electron chi connectivity index (χ0n) is 10.6. The molecule has 0 aromatic heterocycles. The third-order valence-corrected chi connectivity index (χ3v) is 3.14. The topological polar surface area (TPSA) is 67.3 Å². The van der Waals surface area contributed by atoms with Crippen LogP contribution in [0.4, 0.5) is 17.1 Å². The van der Waals surface area contributed by atoms with Gasteiger partial charge >= 0.3 is 0 Å². The van der Waals surface area contributed by atoms with Crippen molar-refractivity contribution in [3.63, 3.8) is 0 Å². The van der Waals surface area contributed by atoms with Crippen LogP contribution in [0.15, 0.2) is 18.2 Å². The highest BCUT2D eigenvalue weighted by Gasteiger charge is 2.22. The largest absolute Gasteiger partial charge is 0.392 e. The number of hydrogen-bond acceptors (Lipinski definition) is 4. The molecule has 1 fully saturated rings. The average Bonchev–Trinajstić information content (AvgIpc) is 2.29. The SMILES string of the molecule is C[N+](C)(N)c1cccc(N2CCNCC2)c1N. The number of nitrogen functional groups attached to an aromatic ring is 1. The molecular weight excluding hydrogens is 214 g/mol. The maximum absolute atomic E-state index is 6.24. The monoisotopic (exact) mass is 236 g/mol. The van der Waals surface area contributed by atoms with Crippen LogP contribution in [0.5, 0.6) is 0 Å². The van der Waals surface area contributed by atoms with Gasteiger partial charge in [-0.15, -0.1) is 0 Å². The molecule has 0 radical (unpaired) electrons. The summed E-state index contributed by atoms with van der Waals surface area (Å²) in [6.07, 6.45) is 0. The van der Waals surface area contributed by atoms with E-state index < -0.39 is 0 Å². The van der Waals surface area contributed by atoms with Gasteiger partial charge in [0.1, 0.15) is 5.69 Å². The van der Waals surface area contributed by atoms with E-state index in [0.717, 1.165) is 43.2 Å². The molecule has 0 unspecified atom stereocenters. The predicted octanol–water partition coefficient (Wildman–Crippen LogP) is 0.119. The molecule has 0 spiro atoms. The molecule has 94 valence electrons. The van der Waals surface area contributed by atoms with Gasteiger partial charge in [0.05, 0.1) is 19.8 Å². The second-order valence-electron chi connectivity index (χ2n) is 4.99. The Bertz CT molecular complexity index is 390. The van der Waals surface area contributed by atoms with Crippen LogP contribution >= 0.6 is 0 Å². The fourth-order valence-corrected chi connectivity index (χ4v) is 2.23. The van der Waals surface area contributed by atoms with Crippen molar-refractivity contribution in [3.8, 4) is 0 Å². The molecule has 2 rings (SSSR count). The van der Waals surface area contributed by atoms with E-state index in [0.29, 0.717) is 0 Å². The van der Waals surface area contributed by atoms with E-state index in [4.69, 9.17) is 11.6 Å². The number of nitrogens with two attached hydrogens (primary N) is 2. The molecule has 1 aromatic rings. The molecule has 5 nitrogen and oxygen atoms in total. The highest BCUT2D eigenvalue weighted by atomic mass is 15.5. The molecule has 1 aromatic carbocycles. The Hall–Kier alpha value is -1.30. The number of piperazine rings is 1. The van der Waals surface area contributed by atoms with E-state index >= 15 is 0 Å². The number of quaternary nitrogens is 1. The van der Waals surface area contributed by atoms with Gasteiger partial charge in [0.15, 0.2) is 5.69 Å². The zero-order chi connectivity index (χ0) is 12.5. The number of benzene rings is 1. The van der Waals surface area contributed by atoms with E-state index in [1.807, 2.05) is 26.2 Å². The van der Waals surface area contributed by atoms with Crippen LogP contribution < -0.4 is 26.4 Å². The first-order valence-electron chi connectivity index (χ1n) is 5.97. The van der Waals surface area contributed by atoms with Crippen LogP contribution in [0.1, 0.15) is 0 Å². The molecule has 0 bridgehead atoms. The van der Waals surface area contributed by atoms with Crippen LogP contribution in [-0.4, -0.2) is 40.3 Å². The first-order valence-corrected chi connectivity index (χ1v) is 5.97. The summed E-state index contributed by atoms with van der Waals surface area (Å²) in [5, 5.41) is 3.34. The molecule has 1 saturated heterocycles. The highest BCUT2D eigenvalue weighted by molar-refractivity contribution is 5.80. The first-order chi connectivity index (χ1) is 8.00. The van der Waals surface area contributed by atoms with E-state index in [1.54, 1.807) is 0 Å². The van der Waals surface area contributed by atoms with Gasteiger partial charge in [-0.05, 0) is 6.07 Å². The number of rotatable bonds is 2. The van der Waals surface area contributed by atoms with Crippen molar-refractivity contribution in [3.05, 3.63) is 18.2 Å². The lowest BCUT2D eigenvalue weighted by Gasteiger charge is -2.32. The number of anilines is 2. The molecule has 5 N–H and O–H groups in total. The Morgan fingerprint density at radius 3 is 2.47 bits per heavy atom. The summed E-state index contributed by atoms with van der Waals surface area (Å²) in [6, 6.07) is 6.08. The third kappa shape index (κ3) is 2.52. The zero-order valence-corrected chi connectivity index (χ0v) is 10.6. The molecular formula is C12H22N5+. The minimum absolute atomic E-state index is 0.256. The van der Waals surface area contributed by atoms with Crippen molar-refractivity contribution in [2.24, 2.45) is 5.84 Å². The Labute approximate surface area is 103 Å². The summed E-state index contributed by atoms with van der Waals surface area (Å²) >= 11 is 0. The van der Waals surface area contributed by atoms with Crippen molar-refractivity contribution in [1.82, 2.24) is 9.91 Å². The number of nitrogens with zero attached hydrogens (tertiary/aromatic N) is 2. The van der Waals surface area contributed by atoms with Crippen LogP contribution in [0.2, 0.25) is 0 Å². The van der Waals surface area contributed by atoms with Crippen LogP contribution in [0.3, 0.4) is 0 Å². The lowest BCUT2D eigenvalue weighted by Crippen LogP contribution is -2.48. The van der Waals surface area contributed by atoms with E-state index in [2.05, 4.69) is 16.3 Å². The first kappa shape index (κ1) is 12.2. The number of nitrogens with one attached hydrogen (secondary N) is 1. The smallest absolute Gasteiger partial charge is 0.176 e. The number of hydrogen-bond donors (Lipinski definition) is 3. The van der Waals surface area contributed by atoms with Gasteiger partial charge in [0, 0.05) is 32.2 Å². The Kier molecular flexibility index (Phi) is 3.24. The molecule has 1 heterocycles. The second kappa shape index (κ2) is 4.52. The van der Waals surface area contributed by atoms with Crippen LogP contribution in [0, 0.1) is 0 Å². The predicted molar refractivity (Wildman–Crippen MR) is 73.8 cm³/mol. The summed E-state index contributed by atoms with van der Waals surface area (Å²) < 4.78 is 0.256. The minimum atomic E-state index is 0.256. The Balaban J connectivity index is 2.35. The summed E-state index contributed by atoms with van der Waals surface area (Å²) in [7, 11) is 3.85. The summed E-state index contributed by atoms with van der Waals surface area (Å²) in [5.41, 5.74) is 9.09. The molecule has 5 heteroatoms. The van der Waals surface area contributed by atoms with Gasteiger partial charge in [-0.1, -0.05) is 6.07 Å². The van der Waals surface area contributed by atoms with Gasteiger partial charge < -0.3 is 16.0 Å². The minimum Gasteiger partial charge on any atom is -0.392 e. The van der Waals surface area contributed by atoms with Crippen molar-refractivity contribution >= 4 is 17.1 Å². The third-order valence-electron chi connectivity index (χ3n) is 3.14. The van der Waals surface area contributed by atoms with Gasteiger partial charge in [-0.2, -0.15) is 5.84 Å². The fraction of sp³-hybridized carbons (Fsp3) is 0.500.